The summed E-state index contributed by atoms with van der Waals surface area (Å²) < 4.78 is 0. The van der Waals surface area contributed by atoms with E-state index in [0.29, 0.717) is 0 Å². The summed E-state index contributed by atoms with van der Waals surface area (Å²) in [6.07, 6.45) is 7.29. The van der Waals surface area contributed by atoms with Crippen molar-refractivity contribution < 1.29 is 0 Å². The van der Waals surface area contributed by atoms with Gasteiger partial charge in [0, 0.05) is 0 Å². The topological polar surface area (TPSA) is 0 Å². The molecule has 0 heterocycles. The second-order valence-corrected chi connectivity index (χ2v) is 4.33. The van der Waals surface area contributed by atoms with E-state index in [1.54, 1.807) is 0 Å². The summed E-state index contributed by atoms with van der Waals surface area (Å²) in [4.78, 5) is 0. The zero-order chi connectivity index (χ0) is 8.27. The van der Waals surface area contributed by atoms with Crippen molar-refractivity contribution in [1.82, 2.24) is 0 Å². The van der Waals surface area contributed by atoms with Crippen LogP contribution in [0.15, 0.2) is 0 Å². The molecule has 3 unspecified atom stereocenters. The van der Waals surface area contributed by atoms with Gasteiger partial charge in [-0.15, -0.1) is 0 Å². The third kappa shape index (κ3) is 2.21. The maximum absolute atomic E-state index is 2.42. The van der Waals surface area contributed by atoms with Crippen molar-refractivity contribution in [1.29, 1.82) is 0 Å². The van der Waals surface area contributed by atoms with Crippen LogP contribution in [0, 0.1) is 17.8 Å². The van der Waals surface area contributed by atoms with Gasteiger partial charge in [0.05, 0.1) is 0 Å². The minimum absolute atomic E-state index is 1.02. The van der Waals surface area contributed by atoms with Gasteiger partial charge < -0.3 is 0 Å². The van der Waals surface area contributed by atoms with Gasteiger partial charge in [-0.05, 0) is 24.2 Å². The molecule has 0 bridgehead atoms. The molecule has 0 N–H and O–H groups in total. The average molecular weight is 154 g/mol. The van der Waals surface area contributed by atoms with Crippen molar-refractivity contribution in [3.05, 3.63) is 0 Å². The van der Waals surface area contributed by atoms with Crippen molar-refractivity contribution in [2.24, 2.45) is 17.8 Å². The van der Waals surface area contributed by atoms with Crippen LogP contribution in [0.2, 0.25) is 0 Å². The fraction of sp³-hybridized carbons (Fsp3) is 1.00. The molecule has 0 aromatic heterocycles. The smallest absolute Gasteiger partial charge is 0.0383 e. The Morgan fingerprint density at radius 3 is 2.36 bits per heavy atom. The van der Waals surface area contributed by atoms with E-state index < -0.39 is 0 Å². The van der Waals surface area contributed by atoms with Crippen LogP contribution in [0.1, 0.15) is 52.9 Å². The highest BCUT2D eigenvalue weighted by atomic mass is 14.4. The second kappa shape index (κ2) is 4.13. The first-order chi connectivity index (χ1) is 5.25. The molecule has 0 aliphatic heterocycles. The zero-order valence-corrected chi connectivity index (χ0v) is 8.27. The van der Waals surface area contributed by atoms with Gasteiger partial charge in [-0.25, -0.2) is 0 Å². The summed E-state index contributed by atoms with van der Waals surface area (Å²) in [6.45, 7) is 7.10. The summed E-state index contributed by atoms with van der Waals surface area (Å²) in [6, 6.07) is 0. The van der Waals surface area contributed by atoms with Crippen LogP contribution < -0.4 is 0 Å². The summed E-state index contributed by atoms with van der Waals surface area (Å²) in [5, 5.41) is 0. The van der Waals surface area contributed by atoms with Crippen LogP contribution in [0.4, 0.5) is 0 Å². The predicted molar refractivity (Wildman–Crippen MR) is 50.6 cm³/mol. The Labute approximate surface area is 71.4 Å². The number of rotatable bonds is 4. The van der Waals surface area contributed by atoms with Crippen LogP contribution in [-0.2, 0) is 0 Å². The first-order valence-corrected chi connectivity index (χ1v) is 5.25. The van der Waals surface area contributed by atoms with Crippen molar-refractivity contribution in [2.75, 3.05) is 0 Å². The minimum atomic E-state index is 1.02. The molecular formula is C11H22. The molecule has 1 rings (SSSR count). The molecule has 0 aromatic rings. The number of hydrogen-bond acceptors (Lipinski definition) is 0. The van der Waals surface area contributed by atoms with Gasteiger partial charge in [0.2, 0.25) is 0 Å². The fourth-order valence-electron chi connectivity index (χ4n) is 2.21. The summed E-state index contributed by atoms with van der Waals surface area (Å²) >= 11 is 0. The van der Waals surface area contributed by atoms with Gasteiger partial charge >= 0.3 is 0 Å². The van der Waals surface area contributed by atoms with Crippen molar-refractivity contribution >= 4 is 0 Å². The Morgan fingerprint density at radius 2 is 1.91 bits per heavy atom. The maximum Gasteiger partial charge on any atom is -0.0383 e. The normalized spacial score (nSPS) is 36.8. The van der Waals surface area contributed by atoms with Crippen LogP contribution in [0.25, 0.3) is 0 Å². The van der Waals surface area contributed by atoms with E-state index >= 15 is 0 Å². The lowest BCUT2D eigenvalue weighted by atomic mass is 9.65. The van der Waals surface area contributed by atoms with E-state index in [2.05, 4.69) is 20.8 Å². The van der Waals surface area contributed by atoms with Crippen molar-refractivity contribution in [3.63, 3.8) is 0 Å². The average Bonchev–Trinajstić information content (AvgIpc) is 2.03. The summed E-state index contributed by atoms with van der Waals surface area (Å²) in [7, 11) is 0. The molecule has 1 aliphatic carbocycles. The van der Waals surface area contributed by atoms with E-state index in [9.17, 15) is 0 Å². The monoisotopic (exact) mass is 154 g/mol. The Bertz CT molecular complexity index is 107. The van der Waals surface area contributed by atoms with Gasteiger partial charge in [-0.2, -0.15) is 0 Å². The van der Waals surface area contributed by atoms with Crippen LogP contribution in [0.3, 0.4) is 0 Å². The van der Waals surface area contributed by atoms with E-state index in [-0.39, 0.29) is 0 Å². The summed E-state index contributed by atoms with van der Waals surface area (Å²) in [5.41, 5.74) is 0. The highest BCUT2D eigenvalue weighted by Gasteiger charge is 2.33. The lowest BCUT2D eigenvalue weighted by Crippen LogP contribution is -2.32. The fourth-order valence-corrected chi connectivity index (χ4v) is 2.21. The Morgan fingerprint density at radius 1 is 1.18 bits per heavy atom. The Balaban J connectivity index is 2.01. The molecule has 0 heteroatoms. The highest BCUT2D eigenvalue weighted by molar-refractivity contribution is 4.83. The van der Waals surface area contributed by atoms with Gasteiger partial charge in [0.25, 0.3) is 0 Å². The number of hydrogen-bond donors (Lipinski definition) is 0. The molecular weight excluding hydrogens is 132 g/mol. The van der Waals surface area contributed by atoms with Crippen molar-refractivity contribution in [3.8, 4) is 0 Å². The lowest BCUT2D eigenvalue weighted by molar-refractivity contribution is 0.0926. The Kier molecular flexibility index (Phi) is 3.42. The van der Waals surface area contributed by atoms with E-state index in [0.717, 1.165) is 17.8 Å². The molecule has 1 saturated carbocycles. The lowest BCUT2D eigenvalue weighted by Gasteiger charge is -2.41. The first-order valence-electron chi connectivity index (χ1n) is 5.25. The molecule has 0 aromatic carbocycles. The van der Waals surface area contributed by atoms with Gasteiger partial charge in [0.1, 0.15) is 0 Å². The second-order valence-electron chi connectivity index (χ2n) is 4.33. The minimum Gasteiger partial charge on any atom is -0.0654 e. The molecule has 1 aliphatic rings. The van der Waals surface area contributed by atoms with Crippen LogP contribution in [-0.4, -0.2) is 0 Å². The quantitative estimate of drug-likeness (QED) is 0.539. The van der Waals surface area contributed by atoms with Crippen molar-refractivity contribution in [2.45, 2.75) is 52.9 Å². The Hall–Kier alpha value is 0. The van der Waals surface area contributed by atoms with E-state index in [1.807, 2.05) is 0 Å². The number of unbranched alkanes of at least 4 members (excludes halogenated alkanes) is 2. The van der Waals surface area contributed by atoms with Gasteiger partial charge in [0.15, 0.2) is 0 Å². The summed E-state index contributed by atoms with van der Waals surface area (Å²) in [5.74, 6) is 3.12. The molecule has 66 valence electrons. The first kappa shape index (κ1) is 9.09. The third-order valence-corrected chi connectivity index (χ3v) is 3.49. The largest absolute Gasteiger partial charge is 0.0654 e. The standard InChI is InChI=1S/C11H22/c1-4-5-6-7-11-8-9(2)10(11)3/h9-11H,4-8H2,1-3H3. The molecule has 0 spiro atoms. The third-order valence-electron chi connectivity index (χ3n) is 3.49. The van der Waals surface area contributed by atoms with Gasteiger partial charge in [-0.3, -0.25) is 0 Å². The molecule has 3 atom stereocenters. The molecule has 11 heavy (non-hydrogen) atoms. The predicted octanol–water partition coefficient (Wildman–Crippen LogP) is 3.86. The molecule has 0 nitrogen and oxygen atoms in total. The van der Waals surface area contributed by atoms with Crippen LogP contribution in [0.5, 0.6) is 0 Å². The molecule has 1 fully saturated rings. The maximum atomic E-state index is 2.42. The van der Waals surface area contributed by atoms with Gasteiger partial charge in [-0.1, -0.05) is 46.5 Å². The van der Waals surface area contributed by atoms with E-state index in [1.165, 1.54) is 32.1 Å². The molecule has 0 saturated heterocycles. The zero-order valence-electron chi connectivity index (χ0n) is 8.27. The molecule has 0 amide bonds. The van der Waals surface area contributed by atoms with E-state index in [4.69, 9.17) is 0 Å². The SMILES string of the molecule is CCCCCC1CC(C)C1C. The molecule has 0 radical (unpaired) electrons. The van der Waals surface area contributed by atoms with Crippen LogP contribution >= 0.6 is 0 Å². The highest BCUT2D eigenvalue weighted by Crippen LogP contribution is 2.42.